The summed E-state index contributed by atoms with van der Waals surface area (Å²) in [5.74, 6) is 0.686. The summed E-state index contributed by atoms with van der Waals surface area (Å²) in [5.41, 5.74) is -0.444. The van der Waals surface area contributed by atoms with Gasteiger partial charge in [-0.1, -0.05) is 12.5 Å². The minimum atomic E-state index is -0.444. The van der Waals surface area contributed by atoms with E-state index in [-0.39, 0.29) is 5.78 Å². The SMILES string of the molecule is C=CC[C@]12C(=O)CC[C@H]1CCC[C@@H]2O. The molecule has 0 aromatic carbocycles. The van der Waals surface area contributed by atoms with Crippen LogP contribution in [0.2, 0.25) is 0 Å². The van der Waals surface area contributed by atoms with E-state index in [9.17, 15) is 9.90 Å². The van der Waals surface area contributed by atoms with Crippen molar-refractivity contribution in [3.05, 3.63) is 12.7 Å². The Balaban J connectivity index is 2.33. The predicted octanol–water partition coefficient (Wildman–Crippen LogP) is 2.07. The Labute approximate surface area is 85.0 Å². The molecular formula is C12H18O2. The first-order valence-corrected chi connectivity index (χ1v) is 5.54. The van der Waals surface area contributed by atoms with Crippen molar-refractivity contribution in [1.82, 2.24) is 0 Å². The van der Waals surface area contributed by atoms with Crippen molar-refractivity contribution in [2.24, 2.45) is 11.3 Å². The molecule has 2 saturated carbocycles. The zero-order chi connectivity index (χ0) is 10.2. The van der Waals surface area contributed by atoms with E-state index in [2.05, 4.69) is 6.58 Å². The van der Waals surface area contributed by atoms with Crippen molar-refractivity contribution in [3.63, 3.8) is 0 Å². The van der Waals surface area contributed by atoms with Crippen molar-refractivity contribution in [2.75, 3.05) is 0 Å². The fraction of sp³-hybridized carbons (Fsp3) is 0.750. The van der Waals surface area contributed by atoms with Crippen LogP contribution in [0, 0.1) is 11.3 Å². The van der Waals surface area contributed by atoms with Gasteiger partial charge in [0.1, 0.15) is 5.78 Å². The summed E-state index contributed by atoms with van der Waals surface area (Å²) in [6.45, 7) is 3.72. The van der Waals surface area contributed by atoms with Crippen LogP contribution in [0.5, 0.6) is 0 Å². The van der Waals surface area contributed by atoms with Crippen LogP contribution in [0.15, 0.2) is 12.7 Å². The number of carbonyl (C=O) groups excluding carboxylic acids is 1. The summed E-state index contributed by atoms with van der Waals surface area (Å²) >= 11 is 0. The minimum absolute atomic E-state index is 0.273. The number of fused-ring (bicyclic) bond motifs is 1. The molecule has 0 aromatic rings. The number of carbonyl (C=O) groups is 1. The number of aliphatic hydroxyl groups is 1. The maximum atomic E-state index is 11.9. The van der Waals surface area contributed by atoms with E-state index in [0.717, 1.165) is 25.7 Å². The number of ketones is 1. The van der Waals surface area contributed by atoms with Crippen LogP contribution < -0.4 is 0 Å². The molecule has 0 bridgehead atoms. The molecule has 2 fully saturated rings. The van der Waals surface area contributed by atoms with Crippen LogP contribution in [0.4, 0.5) is 0 Å². The number of allylic oxidation sites excluding steroid dienone is 1. The number of hydrogen-bond donors (Lipinski definition) is 1. The molecule has 2 aliphatic rings. The number of Topliss-reactive ketones (excluding diaryl/α,β-unsaturated/α-hetero) is 1. The summed E-state index contributed by atoms with van der Waals surface area (Å²) in [6, 6.07) is 0. The van der Waals surface area contributed by atoms with Crippen LogP contribution in [0.25, 0.3) is 0 Å². The van der Waals surface area contributed by atoms with Crippen LogP contribution in [-0.4, -0.2) is 17.0 Å². The molecule has 78 valence electrons. The van der Waals surface area contributed by atoms with Gasteiger partial charge in [-0.2, -0.15) is 0 Å². The standard InChI is InChI=1S/C12H18O2/c1-2-8-12-9(6-7-11(12)14)4-3-5-10(12)13/h2,9-10,13H,1,3-8H2/t9-,10+,12+/m1/s1. The van der Waals surface area contributed by atoms with E-state index in [1.165, 1.54) is 0 Å². The van der Waals surface area contributed by atoms with Gasteiger partial charge in [0.15, 0.2) is 0 Å². The maximum Gasteiger partial charge on any atom is 0.142 e. The van der Waals surface area contributed by atoms with E-state index in [1.54, 1.807) is 6.08 Å². The highest BCUT2D eigenvalue weighted by molar-refractivity contribution is 5.88. The van der Waals surface area contributed by atoms with E-state index in [0.29, 0.717) is 18.8 Å². The Bertz CT molecular complexity index is 259. The molecule has 0 spiro atoms. The average molecular weight is 194 g/mol. The predicted molar refractivity (Wildman–Crippen MR) is 54.8 cm³/mol. The summed E-state index contributed by atoms with van der Waals surface area (Å²) in [7, 11) is 0. The van der Waals surface area contributed by atoms with Crippen molar-refractivity contribution >= 4 is 5.78 Å². The normalized spacial score (nSPS) is 42.2. The van der Waals surface area contributed by atoms with E-state index < -0.39 is 11.5 Å². The topological polar surface area (TPSA) is 37.3 Å². The molecule has 2 heteroatoms. The molecule has 2 aliphatic carbocycles. The van der Waals surface area contributed by atoms with Crippen LogP contribution in [-0.2, 0) is 4.79 Å². The summed E-state index contributed by atoms with van der Waals surface area (Å²) in [4.78, 5) is 11.9. The average Bonchev–Trinajstić information content (AvgIpc) is 2.48. The lowest BCUT2D eigenvalue weighted by Crippen LogP contribution is -2.46. The van der Waals surface area contributed by atoms with Gasteiger partial charge in [0.05, 0.1) is 11.5 Å². The zero-order valence-corrected chi connectivity index (χ0v) is 8.54. The monoisotopic (exact) mass is 194 g/mol. The second-order valence-corrected chi connectivity index (χ2v) is 4.64. The molecule has 14 heavy (non-hydrogen) atoms. The van der Waals surface area contributed by atoms with E-state index in [4.69, 9.17) is 0 Å². The van der Waals surface area contributed by atoms with Crippen molar-refractivity contribution < 1.29 is 9.90 Å². The van der Waals surface area contributed by atoms with E-state index in [1.807, 2.05) is 0 Å². The third-order valence-corrected chi connectivity index (χ3v) is 4.07. The van der Waals surface area contributed by atoms with Gasteiger partial charge < -0.3 is 5.11 Å². The molecule has 0 unspecified atom stereocenters. The molecule has 0 aromatic heterocycles. The highest BCUT2D eigenvalue weighted by Gasteiger charge is 2.54. The third kappa shape index (κ3) is 1.17. The second-order valence-electron chi connectivity index (χ2n) is 4.64. The quantitative estimate of drug-likeness (QED) is 0.683. The fourth-order valence-electron chi connectivity index (χ4n) is 3.35. The third-order valence-electron chi connectivity index (χ3n) is 4.07. The Hall–Kier alpha value is -0.630. The number of rotatable bonds is 2. The van der Waals surface area contributed by atoms with Gasteiger partial charge in [0.2, 0.25) is 0 Å². The van der Waals surface area contributed by atoms with Gasteiger partial charge >= 0.3 is 0 Å². The first kappa shape index (κ1) is 9.91. The Morgan fingerprint density at radius 1 is 1.50 bits per heavy atom. The first-order valence-electron chi connectivity index (χ1n) is 5.54. The van der Waals surface area contributed by atoms with E-state index >= 15 is 0 Å². The lowest BCUT2D eigenvalue weighted by Gasteiger charge is -2.41. The summed E-state index contributed by atoms with van der Waals surface area (Å²) < 4.78 is 0. The molecule has 1 N–H and O–H groups in total. The van der Waals surface area contributed by atoms with Crippen molar-refractivity contribution in [3.8, 4) is 0 Å². The molecule has 0 heterocycles. The van der Waals surface area contributed by atoms with Gasteiger partial charge in [0, 0.05) is 6.42 Å². The van der Waals surface area contributed by atoms with Gasteiger partial charge in [-0.15, -0.1) is 6.58 Å². The van der Waals surface area contributed by atoms with Crippen LogP contribution in [0.3, 0.4) is 0 Å². The van der Waals surface area contributed by atoms with Crippen LogP contribution >= 0.6 is 0 Å². The molecule has 2 nitrogen and oxygen atoms in total. The summed E-state index contributed by atoms with van der Waals surface area (Å²) in [5, 5.41) is 10.1. The Morgan fingerprint density at radius 3 is 3.00 bits per heavy atom. The second kappa shape index (κ2) is 3.50. The van der Waals surface area contributed by atoms with Crippen molar-refractivity contribution in [1.29, 1.82) is 0 Å². The highest BCUT2D eigenvalue weighted by atomic mass is 16.3. The number of aliphatic hydroxyl groups excluding tert-OH is 1. The van der Waals surface area contributed by atoms with Gasteiger partial charge in [-0.25, -0.2) is 0 Å². The van der Waals surface area contributed by atoms with Crippen molar-refractivity contribution in [2.45, 2.75) is 44.6 Å². The Kier molecular flexibility index (Phi) is 2.48. The molecular weight excluding hydrogens is 176 g/mol. The summed E-state index contributed by atoms with van der Waals surface area (Å²) in [6.07, 6.45) is 6.64. The molecule has 2 rings (SSSR count). The highest BCUT2D eigenvalue weighted by Crippen LogP contribution is 2.52. The van der Waals surface area contributed by atoms with Crippen LogP contribution in [0.1, 0.15) is 38.5 Å². The van der Waals surface area contributed by atoms with Gasteiger partial charge in [-0.3, -0.25) is 4.79 Å². The molecule has 0 saturated heterocycles. The van der Waals surface area contributed by atoms with Gasteiger partial charge in [-0.05, 0) is 31.6 Å². The zero-order valence-electron chi connectivity index (χ0n) is 8.54. The largest absolute Gasteiger partial charge is 0.392 e. The Morgan fingerprint density at radius 2 is 2.29 bits per heavy atom. The smallest absolute Gasteiger partial charge is 0.142 e. The molecule has 0 amide bonds. The van der Waals surface area contributed by atoms with Gasteiger partial charge in [0.25, 0.3) is 0 Å². The lowest BCUT2D eigenvalue weighted by atomic mass is 9.64. The molecule has 0 radical (unpaired) electrons. The number of hydrogen-bond acceptors (Lipinski definition) is 2. The molecule has 0 aliphatic heterocycles. The maximum absolute atomic E-state index is 11.9. The first-order chi connectivity index (χ1) is 6.71. The fourth-order valence-corrected chi connectivity index (χ4v) is 3.35. The minimum Gasteiger partial charge on any atom is -0.392 e. The lowest BCUT2D eigenvalue weighted by molar-refractivity contribution is -0.137. The molecule has 3 atom stereocenters.